The number of carbonyl (C=O) groups excluding carboxylic acids is 1. The first kappa shape index (κ1) is 20.6. The smallest absolute Gasteiger partial charge is 0.407 e. The number of hydrogen-bond acceptors (Lipinski definition) is 7. The minimum Gasteiger partial charge on any atom is -0.502 e. The van der Waals surface area contributed by atoms with Gasteiger partial charge in [-0.2, -0.15) is 0 Å². The molecule has 4 N–H and O–H groups in total. The van der Waals surface area contributed by atoms with E-state index in [4.69, 9.17) is 4.74 Å². The molecule has 1 rings (SSSR count). The first-order chi connectivity index (χ1) is 11.4. The number of aliphatic hydroxyl groups excluding tert-OH is 2. The van der Waals surface area contributed by atoms with Crippen LogP contribution in [0.15, 0.2) is 12.1 Å². The van der Waals surface area contributed by atoms with Crippen LogP contribution in [-0.2, 0) is 4.74 Å². The fourth-order valence-corrected chi connectivity index (χ4v) is 1.97. The minimum atomic E-state index is -1.78. The number of nitrogens with one attached hydrogen (secondary N) is 1. The Bertz CT molecular complexity index is 646. The van der Waals surface area contributed by atoms with Crippen LogP contribution in [0.25, 0.3) is 0 Å². The molecule has 140 valence electrons. The molecule has 0 aliphatic carbocycles. The summed E-state index contributed by atoms with van der Waals surface area (Å²) in [6.07, 6.45) is -4.18. The molecule has 2 unspecified atom stereocenters. The highest BCUT2D eigenvalue weighted by Crippen LogP contribution is 2.36. The van der Waals surface area contributed by atoms with Crippen molar-refractivity contribution in [2.75, 3.05) is 6.54 Å². The molecular weight excluding hydrogens is 339 g/mol. The quantitative estimate of drug-likeness (QED) is 0.447. The lowest BCUT2D eigenvalue weighted by Crippen LogP contribution is -2.34. The van der Waals surface area contributed by atoms with Crippen LogP contribution >= 0.6 is 0 Å². The van der Waals surface area contributed by atoms with Gasteiger partial charge in [0, 0.05) is 12.1 Å². The van der Waals surface area contributed by atoms with Crippen molar-refractivity contribution < 1.29 is 34.2 Å². The van der Waals surface area contributed by atoms with Crippen molar-refractivity contribution in [1.82, 2.24) is 5.32 Å². The molecule has 0 saturated carbocycles. The first-order valence-corrected chi connectivity index (χ1v) is 7.42. The second-order valence-corrected chi connectivity index (χ2v) is 6.35. The highest BCUT2D eigenvalue weighted by Gasteiger charge is 2.28. The molecule has 0 aliphatic rings. The second-order valence-electron chi connectivity index (χ2n) is 6.35. The SMILES string of the molecule is CC(C)(C)OC(=O)NCCC(O)C(O)c1cc(F)cc([N+](=O)[O-])c1O. The van der Waals surface area contributed by atoms with Crippen molar-refractivity contribution in [3.05, 3.63) is 33.6 Å². The molecule has 1 amide bonds. The van der Waals surface area contributed by atoms with E-state index in [1.807, 2.05) is 0 Å². The number of benzene rings is 1. The molecule has 2 atom stereocenters. The van der Waals surface area contributed by atoms with Gasteiger partial charge in [0.25, 0.3) is 0 Å². The van der Waals surface area contributed by atoms with Gasteiger partial charge >= 0.3 is 11.8 Å². The summed E-state index contributed by atoms with van der Waals surface area (Å²) >= 11 is 0. The number of rotatable bonds is 6. The van der Waals surface area contributed by atoms with Crippen molar-refractivity contribution in [2.45, 2.75) is 45.0 Å². The lowest BCUT2D eigenvalue weighted by Gasteiger charge is -2.21. The van der Waals surface area contributed by atoms with Gasteiger partial charge in [0.15, 0.2) is 0 Å². The van der Waals surface area contributed by atoms with Crippen LogP contribution in [0, 0.1) is 15.9 Å². The Morgan fingerprint density at radius 3 is 2.52 bits per heavy atom. The van der Waals surface area contributed by atoms with E-state index < -0.39 is 51.6 Å². The summed E-state index contributed by atoms with van der Waals surface area (Å²) < 4.78 is 18.4. The number of halogens is 1. The van der Waals surface area contributed by atoms with Crippen LogP contribution in [0.3, 0.4) is 0 Å². The number of hydrogen-bond donors (Lipinski definition) is 4. The van der Waals surface area contributed by atoms with Crippen LogP contribution in [0.1, 0.15) is 38.9 Å². The van der Waals surface area contributed by atoms with Crippen LogP contribution in [0.4, 0.5) is 14.9 Å². The molecule has 25 heavy (non-hydrogen) atoms. The number of phenolic OH excluding ortho intramolecular Hbond substituents is 1. The molecule has 1 aromatic rings. The summed E-state index contributed by atoms with van der Waals surface area (Å²) in [6, 6.07) is 1.19. The Hall–Kier alpha value is -2.46. The molecule has 9 nitrogen and oxygen atoms in total. The maximum atomic E-state index is 13.4. The van der Waals surface area contributed by atoms with Crippen molar-refractivity contribution >= 4 is 11.8 Å². The molecule has 10 heteroatoms. The van der Waals surface area contributed by atoms with Gasteiger partial charge in [-0.3, -0.25) is 10.1 Å². The molecule has 0 fully saturated rings. The topological polar surface area (TPSA) is 142 Å². The number of aromatic hydroxyl groups is 1. The lowest BCUT2D eigenvalue weighted by atomic mass is 10.00. The number of nitro groups is 1. The Labute approximate surface area is 143 Å². The summed E-state index contributed by atoms with van der Waals surface area (Å²) in [6.45, 7) is 4.94. The normalized spacial score (nSPS) is 13.8. The number of carbonyl (C=O) groups is 1. The van der Waals surface area contributed by atoms with E-state index in [-0.39, 0.29) is 13.0 Å². The number of ether oxygens (including phenoxy) is 1. The highest BCUT2D eigenvalue weighted by molar-refractivity contribution is 5.67. The molecule has 0 aliphatic heterocycles. The number of nitrogens with zero attached hydrogens (tertiary/aromatic N) is 1. The monoisotopic (exact) mass is 360 g/mol. The van der Waals surface area contributed by atoms with E-state index in [0.717, 1.165) is 0 Å². The second kappa shape index (κ2) is 8.08. The summed E-state index contributed by atoms with van der Waals surface area (Å²) in [5.74, 6) is -1.98. The van der Waals surface area contributed by atoms with Crippen molar-refractivity contribution in [2.24, 2.45) is 0 Å². The molecule has 0 bridgehead atoms. The van der Waals surface area contributed by atoms with Crippen molar-refractivity contribution in [3.8, 4) is 5.75 Å². The van der Waals surface area contributed by atoms with Crippen LogP contribution in [-0.4, -0.2) is 44.6 Å². The van der Waals surface area contributed by atoms with Crippen LogP contribution in [0.5, 0.6) is 5.75 Å². The van der Waals surface area contributed by atoms with E-state index in [0.29, 0.717) is 12.1 Å². The Morgan fingerprint density at radius 2 is 2.00 bits per heavy atom. The van der Waals surface area contributed by atoms with E-state index in [2.05, 4.69) is 5.32 Å². The van der Waals surface area contributed by atoms with Crippen LogP contribution in [0.2, 0.25) is 0 Å². The zero-order valence-corrected chi connectivity index (χ0v) is 14.0. The third-order valence-electron chi connectivity index (χ3n) is 3.07. The number of nitro benzene ring substituents is 1. The molecule has 0 radical (unpaired) electrons. The minimum absolute atomic E-state index is 0.0781. The van der Waals surface area contributed by atoms with E-state index >= 15 is 0 Å². The molecule has 0 aromatic heterocycles. The first-order valence-electron chi connectivity index (χ1n) is 7.42. The van der Waals surface area contributed by atoms with Crippen molar-refractivity contribution in [1.29, 1.82) is 0 Å². The van der Waals surface area contributed by atoms with Crippen molar-refractivity contribution in [3.63, 3.8) is 0 Å². The van der Waals surface area contributed by atoms with E-state index in [1.165, 1.54) is 0 Å². The van der Waals surface area contributed by atoms with Gasteiger partial charge in [0.2, 0.25) is 5.75 Å². The van der Waals surface area contributed by atoms with Gasteiger partial charge in [-0.05, 0) is 33.3 Å². The summed E-state index contributed by atoms with van der Waals surface area (Å²) in [7, 11) is 0. The number of alkyl carbamates (subject to hydrolysis) is 1. The summed E-state index contributed by atoms with van der Waals surface area (Å²) in [4.78, 5) is 21.2. The number of aliphatic hydroxyl groups is 2. The molecular formula is C15H21FN2O7. The van der Waals surface area contributed by atoms with Crippen LogP contribution < -0.4 is 5.32 Å². The zero-order chi connectivity index (χ0) is 19.4. The molecule has 0 saturated heterocycles. The van der Waals surface area contributed by atoms with Gasteiger partial charge in [-0.15, -0.1) is 0 Å². The Kier molecular flexibility index (Phi) is 6.65. The van der Waals surface area contributed by atoms with Gasteiger partial charge < -0.3 is 25.4 Å². The number of amides is 1. The standard InChI is InChI=1S/C15H21FN2O7/c1-15(2,3)25-14(22)17-5-4-11(19)13(21)9-6-8(16)7-10(12(9)20)18(23)24/h6-7,11,13,19-21H,4-5H2,1-3H3,(H,17,22). The fraction of sp³-hybridized carbons (Fsp3) is 0.533. The van der Waals surface area contributed by atoms with Gasteiger partial charge in [0.05, 0.1) is 17.1 Å². The van der Waals surface area contributed by atoms with Gasteiger partial charge in [-0.1, -0.05) is 0 Å². The summed E-state index contributed by atoms with van der Waals surface area (Å²) in [5, 5.41) is 42.8. The third kappa shape index (κ3) is 6.16. The Morgan fingerprint density at radius 1 is 1.40 bits per heavy atom. The Balaban J connectivity index is 2.73. The maximum Gasteiger partial charge on any atom is 0.407 e. The predicted molar refractivity (Wildman–Crippen MR) is 84.5 cm³/mol. The average Bonchev–Trinajstić information content (AvgIpc) is 2.46. The average molecular weight is 360 g/mol. The fourth-order valence-electron chi connectivity index (χ4n) is 1.97. The summed E-state index contributed by atoms with van der Waals surface area (Å²) in [5.41, 5.74) is -2.14. The molecule has 1 aromatic carbocycles. The molecule has 0 spiro atoms. The predicted octanol–water partition coefficient (Wildman–Crippen LogP) is 1.75. The largest absolute Gasteiger partial charge is 0.502 e. The van der Waals surface area contributed by atoms with E-state index in [9.17, 15) is 34.6 Å². The third-order valence-corrected chi connectivity index (χ3v) is 3.07. The lowest BCUT2D eigenvalue weighted by molar-refractivity contribution is -0.386. The highest BCUT2D eigenvalue weighted by atomic mass is 19.1. The zero-order valence-electron chi connectivity index (χ0n) is 14.0. The van der Waals surface area contributed by atoms with Gasteiger partial charge in [-0.25, -0.2) is 9.18 Å². The number of phenols is 1. The molecule has 0 heterocycles. The maximum absolute atomic E-state index is 13.4. The van der Waals surface area contributed by atoms with E-state index in [1.54, 1.807) is 20.8 Å². The van der Waals surface area contributed by atoms with Gasteiger partial charge in [0.1, 0.15) is 17.5 Å².